The van der Waals surface area contributed by atoms with Crippen molar-refractivity contribution in [3.63, 3.8) is 0 Å². The van der Waals surface area contributed by atoms with Gasteiger partial charge in [-0.15, -0.1) is 0 Å². The predicted octanol–water partition coefficient (Wildman–Crippen LogP) is 5.96. The second-order valence-corrected chi connectivity index (χ2v) is 8.07. The highest BCUT2D eigenvalue weighted by molar-refractivity contribution is 6.33. The van der Waals surface area contributed by atoms with Crippen molar-refractivity contribution in [2.75, 3.05) is 5.32 Å². The summed E-state index contributed by atoms with van der Waals surface area (Å²) < 4.78 is 7.58. The van der Waals surface area contributed by atoms with Gasteiger partial charge in [0.05, 0.1) is 24.0 Å². The number of nitrogens with one attached hydrogen (secondary N) is 1. The molecule has 0 bridgehead atoms. The summed E-state index contributed by atoms with van der Waals surface area (Å²) >= 11 is 6.22. The summed E-state index contributed by atoms with van der Waals surface area (Å²) in [5.74, 6) is 1.60. The summed E-state index contributed by atoms with van der Waals surface area (Å²) in [4.78, 5) is 16.9. The molecule has 0 aliphatic carbocycles. The van der Waals surface area contributed by atoms with Crippen molar-refractivity contribution in [2.45, 2.75) is 19.4 Å². The second kappa shape index (κ2) is 9.30. The number of nitrogens with zero attached hydrogens (tertiary/aromatic N) is 3. The fraction of sp³-hybridized carbons (Fsp3) is 0.115. The van der Waals surface area contributed by atoms with Crippen LogP contribution in [-0.2, 0) is 17.8 Å². The van der Waals surface area contributed by atoms with E-state index in [9.17, 15) is 4.79 Å². The lowest BCUT2D eigenvalue weighted by Crippen LogP contribution is -2.16. The second-order valence-electron chi connectivity index (χ2n) is 7.66. The first-order chi connectivity index (χ1) is 16.2. The maximum atomic E-state index is 12.6. The van der Waals surface area contributed by atoms with Crippen LogP contribution in [0, 0.1) is 0 Å². The molecule has 164 valence electrons. The molecule has 0 radical (unpaired) electrons. The van der Waals surface area contributed by atoms with E-state index in [4.69, 9.17) is 16.0 Å². The molecule has 0 saturated heterocycles. The van der Waals surface area contributed by atoms with Crippen molar-refractivity contribution < 1.29 is 9.21 Å². The Bertz CT molecular complexity index is 1420. The molecule has 1 amide bonds. The molecule has 0 aliphatic rings. The number of aryl methyl sites for hydroxylation is 1. The number of fused-ring (bicyclic) bond motifs is 1. The Hall–Kier alpha value is -3.90. The number of aromatic nitrogens is 3. The Labute approximate surface area is 195 Å². The fourth-order valence-electron chi connectivity index (χ4n) is 3.79. The summed E-state index contributed by atoms with van der Waals surface area (Å²) in [7, 11) is 0. The minimum atomic E-state index is -0.132. The summed E-state index contributed by atoms with van der Waals surface area (Å²) in [5, 5.41) is 10.3. The van der Waals surface area contributed by atoms with E-state index in [1.54, 1.807) is 29.2 Å². The van der Waals surface area contributed by atoms with Gasteiger partial charge in [0.15, 0.2) is 11.7 Å². The van der Waals surface area contributed by atoms with Crippen LogP contribution in [0.4, 0.5) is 5.82 Å². The molecule has 0 spiro atoms. The third kappa shape index (κ3) is 4.66. The number of amides is 1. The number of oxazole rings is 1. The monoisotopic (exact) mass is 456 g/mol. The molecule has 2 heterocycles. The van der Waals surface area contributed by atoms with E-state index in [2.05, 4.69) is 39.7 Å². The van der Waals surface area contributed by atoms with Crippen LogP contribution in [0.25, 0.3) is 22.1 Å². The first-order valence-corrected chi connectivity index (χ1v) is 11.0. The van der Waals surface area contributed by atoms with E-state index >= 15 is 0 Å². The topological polar surface area (TPSA) is 73.0 Å². The highest BCUT2D eigenvalue weighted by Gasteiger charge is 2.13. The molecule has 0 fully saturated rings. The van der Waals surface area contributed by atoms with Gasteiger partial charge < -0.3 is 9.73 Å². The van der Waals surface area contributed by atoms with E-state index in [1.807, 2.05) is 36.4 Å². The van der Waals surface area contributed by atoms with Crippen molar-refractivity contribution in [3.05, 3.63) is 102 Å². The van der Waals surface area contributed by atoms with E-state index in [1.165, 1.54) is 10.8 Å². The number of rotatable bonds is 7. The van der Waals surface area contributed by atoms with Crippen LogP contribution >= 0.6 is 11.6 Å². The molecule has 2 aromatic heterocycles. The van der Waals surface area contributed by atoms with Crippen LogP contribution in [0.2, 0.25) is 5.02 Å². The Morgan fingerprint density at radius 2 is 1.82 bits per heavy atom. The molecule has 1 N–H and O–H groups in total. The zero-order valence-corrected chi connectivity index (χ0v) is 18.5. The first kappa shape index (κ1) is 21.0. The largest absolute Gasteiger partial charge is 0.441 e. The van der Waals surface area contributed by atoms with Gasteiger partial charge >= 0.3 is 0 Å². The van der Waals surface area contributed by atoms with Gasteiger partial charge in [-0.05, 0) is 28.5 Å². The number of hydrogen-bond donors (Lipinski definition) is 1. The van der Waals surface area contributed by atoms with Crippen LogP contribution < -0.4 is 5.32 Å². The lowest BCUT2D eigenvalue weighted by atomic mass is 10.0. The van der Waals surface area contributed by atoms with Crippen molar-refractivity contribution in [2.24, 2.45) is 0 Å². The van der Waals surface area contributed by atoms with Crippen molar-refractivity contribution in [1.82, 2.24) is 14.8 Å². The van der Waals surface area contributed by atoms with Gasteiger partial charge in [0.25, 0.3) is 0 Å². The highest BCUT2D eigenvalue weighted by atomic mass is 35.5. The minimum absolute atomic E-state index is 0.132. The molecule has 33 heavy (non-hydrogen) atoms. The lowest BCUT2D eigenvalue weighted by molar-refractivity contribution is -0.116. The van der Waals surface area contributed by atoms with Crippen LogP contribution in [0.3, 0.4) is 0 Å². The van der Waals surface area contributed by atoms with Crippen molar-refractivity contribution in [1.29, 1.82) is 0 Å². The molecule has 3 aromatic carbocycles. The molecule has 0 unspecified atom stereocenters. The van der Waals surface area contributed by atoms with E-state index in [0.29, 0.717) is 35.5 Å². The highest BCUT2D eigenvalue weighted by Crippen LogP contribution is 2.28. The van der Waals surface area contributed by atoms with Crippen LogP contribution in [0.1, 0.15) is 17.9 Å². The standard InChI is InChI=1S/C26H21ClN4O2/c27-22-11-4-3-10-21(22)23-16-28-26(33-23)13-12-25(32)30-24-14-15-29-31(24)17-19-8-5-7-18-6-1-2-9-20(18)19/h1-11,14-16H,12-13,17H2,(H,30,32). The van der Waals surface area contributed by atoms with E-state index in [-0.39, 0.29) is 12.3 Å². The normalized spacial score (nSPS) is 11.1. The SMILES string of the molecule is O=C(CCc1ncc(-c2ccccc2Cl)o1)Nc1ccnn1Cc1cccc2ccccc12. The maximum Gasteiger partial charge on any atom is 0.226 e. The molecule has 5 aromatic rings. The van der Waals surface area contributed by atoms with Crippen LogP contribution in [0.5, 0.6) is 0 Å². The minimum Gasteiger partial charge on any atom is -0.441 e. The summed E-state index contributed by atoms with van der Waals surface area (Å²) in [5.41, 5.74) is 1.92. The smallest absolute Gasteiger partial charge is 0.226 e. The number of carbonyl (C=O) groups excluding carboxylic acids is 1. The van der Waals surface area contributed by atoms with E-state index < -0.39 is 0 Å². The van der Waals surface area contributed by atoms with Gasteiger partial charge in [-0.25, -0.2) is 9.67 Å². The van der Waals surface area contributed by atoms with Gasteiger partial charge in [0.2, 0.25) is 5.91 Å². The number of benzene rings is 3. The third-order valence-electron chi connectivity index (χ3n) is 5.44. The maximum absolute atomic E-state index is 12.6. The Balaban J connectivity index is 1.23. The van der Waals surface area contributed by atoms with Crippen LogP contribution in [-0.4, -0.2) is 20.7 Å². The average molecular weight is 457 g/mol. The quantitative estimate of drug-likeness (QED) is 0.327. The lowest BCUT2D eigenvalue weighted by Gasteiger charge is -2.11. The zero-order valence-electron chi connectivity index (χ0n) is 17.7. The van der Waals surface area contributed by atoms with Gasteiger partial charge in [-0.2, -0.15) is 5.10 Å². The number of hydrogen-bond acceptors (Lipinski definition) is 4. The van der Waals surface area contributed by atoms with Gasteiger partial charge in [-0.1, -0.05) is 66.2 Å². The molecule has 5 rings (SSSR count). The molecule has 7 heteroatoms. The number of anilines is 1. The van der Waals surface area contributed by atoms with Gasteiger partial charge in [0.1, 0.15) is 5.82 Å². The zero-order chi connectivity index (χ0) is 22.6. The molecular weight excluding hydrogens is 436 g/mol. The predicted molar refractivity (Wildman–Crippen MR) is 129 cm³/mol. The Morgan fingerprint density at radius 3 is 2.73 bits per heavy atom. The molecular formula is C26H21ClN4O2. The Morgan fingerprint density at radius 1 is 1.00 bits per heavy atom. The first-order valence-electron chi connectivity index (χ1n) is 10.7. The fourth-order valence-corrected chi connectivity index (χ4v) is 4.02. The van der Waals surface area contributed by atoms with Crippen LogP contribution in [0.15, 0.2) is 89.6 Å². The Kier molecular flexibility index (Phi) is 5.91. The van der Waals surface area contributed by atoms with Crippen molar-refractivity contribution in [3.8, 4) is 11.3 Å². The van der Waals surface area contributed by atoms with Crippen molar-refractivity contribution >= 4 is 34.1 Å². The average Bonchev–Trinajstić information content (AvgIpc) is 3.48. The van der Waals surface area contributed by atoms with Gasteiger partial charge in [0, 0.05) is 24.5 Å². The number of carbonyl (C=O) groups is 1. The molecule has 6 nitrogen and oxygen atoms in total. The van der Waals surface area contributed by atoms with E-state index in [0.717, 1.165) is 11.1 Å². The molecule has 0 saturated carbocycles. The number of halogens is 1. The summed E-state index contributed by atoms with van der Waals surface area (Å²) in [6.45, 7) is 0.560. The molecule has 0 aliphatic heterocycles. The van der Waals surface area contributed by atoms with Gasteiger partial charge in [-0.3, -0.25) is 4.79 Å². The summed E-state index contributed by atoms with van der Waals surface area (Å²) in [6.07, 6.45) is 3.94. The summed E-state index contributed by atoms with van der Waals surface area (Å²) in [6, 6.07) is 23.6. The third-order valence-corrected chi connectivity index (χ3v) is 5.77. The molecule has 0 atom stereocenters.